The van der Waals surface area contributed by atoms with Crippen LogP contribution in [-0.4, -0.2) is 13.2 Å². The molecule has 0 aliphatic carbocycles. The zero-order valence-corrected chi connectivity index (χ0v) is 11.4. The Kier molecular flexibility index (Phi) is 3.17. The average molecular weight is 233 g/mol. The molecule has 1 aliphatic rings. The second-order valence-corrected chi connectivity index (χ2v) is 5.89. The molecule has 0 bridgehead atoms. The van der Waals surface area contributed by atoms with Gasteiger partial charge in [-0.2, -0.15) is 0 Å². The van der Waals surface area contributed by atoms with E-state index in [1.165, 1.54) is 11.3 Å². The summed E-state index contributed by atoms with van der Waals surface area (Å²) in [6.07, 6.45) is 0.160. The Hall–Kier alpha value is -1.02. The zero-order valence-electron chi connectivity index (χ0n) is 11.4. The van der Waals surface area contributed by atoms with Crippen molar-refractivity contribution in [3.05, 3.63) is 29.8 Å². The van der Waals surface area contributed by atoms with Gasteiger partial charge in [0.2, 0.25) is 0 Å². The van der Waals surface area contributed by atoms with Crippen molar-refractivity contribution in [2.75, 3.05) is 12.4 Å². The number of methoxy groups -OCH3 is 1. The van der Waals surface area contributed by atoms with Crippen LogP contribution in [0.2, 0.25) is 0 Å². The van der Waals surface area contributed by atoms with Gasteiger partial charge in [0.05, 0.1) is 6.10 Å². The Morgan fingerprint density at radius 3 is 2.47 bits per heavy atom. The highest BCUT2D eigenvalue weighted by Gasteiger charge is 2.44. The van der Waals surface area contributed by atoms with Crippen LogP contribution in [0.4, 0.5) is 5.69 Å². The fourth-order valence-corrected chi connectivity index (χ4v) is 3.23. The molecule has 0 saturated heterocycles. The first kappa shape index (κ1) is 12.4. The van der Waals surface area contributed by atoms with E-state index in [1.807, 2.05) is 7.11 Å². The first-order valence-corrected chi connectivity index (χ1v) is 6.36. The predicted molar refractivity (Wildman–Crippen MR) is 72.2 cm³/mol. The van der Waals surface area contributed by atoms with Gasteiger partial charge in [0.1, 0.15) is 0 Å². The van der Waals surface area contributed by atoms with Crippen LogP contribution in [0.5, 0.6) is 0 Å². The van der Waals surface area contributed by atoms with E-state index in [2.05, 4.69) is 57.3 Å². The predicted octanol–water partition coefficient (Wildman–Crippen LogP) is 3.85. The molecule has 2 unspecified atom stereocenters. The normalized spacial score (nSPS) is 26.5. The van der Waals surface area contributed by atoms with Crippen molar-refractivity contribution in [2.24, 2.45) is 11.3 Å². The Morgan fingerprint density at radius 1 is 1.24 bits per heavy atom. The molecule has 2 nitrogen and oxygen atoms in total. The van der Waals surface area contributed by atoms with E-state index in [4.69, 9.17) is 4.74 Å². The minimum absolute atomic E-state index is 0.0945. The maximum absolute atomic E-state index is 5.77. The standard InChI is InChI=1S/C15H23NO/c1-10(2)13-15(3,4)14(17-5)11-8-6-7-9-12(11)16-13/h6-10,13-14,16H,1-5H3. The van der Waals surface area contributed by atoms with Crippen molar-refractivity contribution >= 4 is 5.69 Å². The molecule has 2 heteroatoms. The van der Waals surface area contributed by atoms with E-state index < -0.39 is 0 Å². The molecule has 0 fully saturated rings. The molecule has 0 saturated carbocycles. The molecule has 0 radical (unpaired) electrons. The monoisotopic (exact) mass is 233 g/mol. The Labute approximate surface area is 104 Å². The molecule has 0 spiro atoms. The van der Waals surface area contributed by atoms with E-state index in [9.17, 15) is 0 Å². The van der Waals surface area contributed by atoms with Gasteiger partial charge in [-0.25, -0.2) is 0 Å². The average Bonchev–Trinajstić information content (AvgIpc) is 2.27. The van der Waals surface area contributed by atoms with Gasteiger partial charge in [-0.15, -0.1) is 0 Å². The highest BCUT2D eigenvalue weighted by Crippen LogP contribution is 2.48. The summed E-state index contributed by atoms with van der Waals surface area (Å²) in [6.45, 7) is 9.10. The summed E-state index contributed by atoms with van der Waals surface area (Å²) >= 11 is 0. The van der Waals surface area contributed by atoms with Gasteiger partial charge in [-0.1, -0.05) is 45.9 Å². The molecule has 17 heavy (non-hydrogen) atoms. The van der Waals surface area contributed by atoms with Crippen molar-refractivity contribution in [2.45, 2.75) is 39.8 Å². The summed E-state index contributed by atoms with van der Waals surface area (Å²) in [5.41, 5.74) is 2.59. The maximum atomic E-state index is 5.77. The number of para-hydroxylation sites is 1. The number of hydrogen-bond acceptors (Lipinski definition) is 2. The van der Waals surface area contributed by atoms with Gasteiger partial charge >= 0.3 is 0 Å². The summed E-state index contributed by atoms with van der Waals surface area (Å²) in [6, 6.07) is 8.90. The summed E-state index contributed by atoms with van der Waals surface area (Å²) in [7, 11) is 1.81. The van der Waals surface area contributed by atoms with Crippen molar-refractivity contribution in [1.82, 2.24) is 0 Å². The molecule has 1 aromatic rings. The molecular formula is C15H23NO. The minimum atomic E-state index is 0.0945. The van der Waals surface area contributed by atoms with Crippen molar-refractivity contribution < 1.29 is 4.74 Å². The fraction of sp³-hybridized carbons (Fsp3) is 0.600. The lowest BCUT2D eigenvalue weighted by Gasteiger charge is -2.47. The quantitative estimate of drug-likeness (QED) is 0.837. The van der Waals surface area contributed by atoms with Gasteiger partial charge in [0.25, 0.3) is 0 Å². The van der Waals surface area contributed by atoms with Gasteiger partial charge in [0.15, 0.2) is 0 Å². The SMILES string of the molecule is COC1c2ccccc2NC(C(C)C)C1(C)C. The van der Waals surface area contributed by atoms with Crippen molar-refractivity contribution in [1.29, 1.82) is 0 Å². The van der Waals surface area contributed by atoms with Gasteiger partial charge < -0.3 is 10.1 Å². The van der Waals surface area contributed by atoms with Crippen LogP contribution in [0.3, 0.4) is 0 Å². The van der Waals surface area contributed by atoms with Crippen LogP contribution in [0.1, 0.15) is 39.4 Å². The lowest BCUT2D eigenvalue weighted by Crippen LogP contribution is -2.48. The van der Waals surface area contributed by atoms with Crippen LogP contribution >= 0.6 is 0 Å². The molecule has 0 amide bonds. The lowest BCUT2D eigenvalue weighted by molar-refractivity contribution is -0.0180. The molecule has 2 atom stereocenters. The van der Waals surface area contributed by atoms with Crippen molar-refractivity contribution in [3.63, 3.8) is 0 Å². The topological polar surface area (TPSA) is 21.3 Å². The molecular weight excluding hydrogens is 210 g/mol. The molecule has 94 valence electrons. The molecule has 1 heterocycles. The van der Waals surface area contributed by atoms with E-state index in [0.29, 0.717) is 12.0 Å². The summed E-state index contributed by atoms with van der Waals surface area (Å²) in [5, 5.41) is 3.67. The third-order valence-corrected chi connectivity index (χ3v) is 3.93. The zero-order chi connectivity index (χ0) is 12.6. The second-order valence-electron chi connectivity index (χ2n) is 5.89. The molecule has 0 aromatic heterocycles. The number of ether oxygens (including phenoxy) is 1. The highest BCUT2D eigenvalue weighted by molar-refractivity contribution is 5.56. The Balaban J connectivity index is 2.49. The van der Waals surface area contributed by atoms with Gasteiger partial charge in [-0.3, -0.25) is 0 Å². The second kappa shape index (κ2) is 4.34. The maximum Gasteiger partial charge on any atom is 0.0911 e. The summed E-state index contributed by atoms with van der Waals surface area (Å²) in [5.74, 6) is 0.580. The molecule has 1 N–H and O–H groups in total. The number of benzene rings is 1. The van der Waals surface area contributed by atoms with E-state index in [1.54, 1.807) is 0 Å². The third-order valence-electron chi connectivity index (χ3n) is 3.93. The van der Waals surface area contributed by atoms with Crippen LogP contribution in [0.25, 0.3) is 0 Å². The minimum Gasteiger partial charge on any atom is -0.381 e. The van der Waals surface area contributed by atoms with Gasteiger partial charge in [-0.05, 0) is 12.0 Å². The molecule has 1 aromatic carbocycles. The van der Waals surface area contributed by atoms with E-state index in [0.717, 1.165) is 0 Å². The number of fused-ring (bicyclic) bond motifs is 1. The fourth-order valence-electron chi connectivity index (χ4n) is 3.23. The van der Waals surface area contributed by atoms with Crippen LogP contribution in [0.15, 0.2) is 24.3 Å². The molecule has 2 rings (SSSR count). The summed E-state index contributed by atoms with van der Waals surface area (Å²) in [4.78, 5) is 0. The van der Waals surface area contributed by atoms with Crippen molar-refractivity contribution in [3.8, 4) is 0 Å². The lowest BCUT2D eigenvalue weighted by atomic mass is 9.69. The number of rotatable bonds is 2. The first-order chi connectivity index (χ1) is 7.98. The largest absolute Gasteiger partial charge is 0.381 e. The van der Waals surface area contributed by atoms with Gasteiger partial charge in [0, 0.05) is 29.8 Å². The van der Waals surface area contributed by atoms with Crippen LogP contribution in [0, 0.1) is 11.3 Å². The number of hydrogen-bond donors (Lipinski definition) is 1. The number of anilines is 1. The third kappa shape index (κ3) is 1.95. The first-order valence-electron chi connectivity index (χ1n) is 6.36. The number of nitrogens with one attached hydrogen (secondary N) is 1. The molecule has 1 aliphatic heterocycles. The van der Waals surface area contributed by atoms with Crippen LogP contribution in [-0.2, 0) is 4.74 Å². The smallest absolute Gasteiger partial charge is 0.0911 e. The van der Waals surface area contributed by atoms with Crippen LogP contribution < -0.4 is 5.32 Å². The van der Waals surface area contributed by atoms with E-state index in [-0.39, 0.29) is 11.5 Å². The summed E-state index contributed by atoms with van der Waals surface area (Å²) < 4.78 is 5.77. The van der Waals surface area contributed by atoms with E-state index >= 15 is 0 Å². The Bertz CT molecular complexity index is 398. The Morgan fingerprint density at radius 2 is 1.88 bits per heavy atom. The highest BCUT2D eigenvalue weighted by atomic mass is 16.5.